The van der Waals surface area contributed by atoms with Gasteiger partial charge in [-0.15, -0.1) is 0 Å². The van der Waals surface area contributed by atoms with Crippen molar-refractivity contribution in [1.29, 1.82) is 0 Å². The summed E-state index contributed by atoms with van der Waals surface area (Å²) in [4.78, 5) is 14.9. The Kier molecular flexibility index (Phi) is 2.29. The molecule has 0 aliphatic heterocycles. The molecule has 0 spiro atoms. The number of anilines is 1. The molecule has 0 bridgehead atoms. The van der Waals surface area contributed by atoms with E-state index in [9.17, 15) is 9.90 Å². The van der Waals surface area contributed by atoms with Crippen LogP contribution in [0, 0.1) is 0 Å². The number of nitrogens with one attached hydrogen (secondary N) is 1. The fourth-order valence-corrected chi connectivity index (χ4v) is 1.38. The normalized spacial score (nSPS) is 10.1. The number of rotatable bonds is 1. The first kappa shape index (κ1) is 9.52. The van der Waals surface area contributed by atoms with Crippen molar-refractivity contribution in [1.82, 2.24) is 4.98 Å². The first-order valence-corrected chi connectivity index (χ1v) is 4.51. The lowest BCUT2D eigenvalue weighted by Crippen LogP contribution is -2.08. The first-order chi connectivity index (χ1) is 7.15. The van der Waals surface area contributed by atoms with Crippen LogP contribution in [0.1, 0.15) is 0 Å². The van der Waals surface area contributed by atoms with Gasteiger partial charge in [-0.1, -0.05) is 0 Å². The van der Waals surface area contributed by atoms with E-state index in [1.807, 2.05) is 6.07 Å². The van der Waals surface area contributed by atoms with Gasteiger partial charge in [0.25, 0.3) is 0 Å². The standard InChI is InChI=1S/C10H9BN2O2/c11-10(15)13-7-3-6-1-2-8(14)4-9(6)12-5-7/h1-5,14H,11H2,(H,13,15). The van der Waals surface area contributed by atoms with E-state index in [0.29, 0.717) is 11.2 Å². The number of benzene rings is 1. The van der Waals surface area contributed by atoms with Gasteiger partial charge in [-0.25, -0.2) is 0 Å². The number of phenolic OH excluding ortho intramolecular Hbond substituents is 1. The van der Waals surface area contributed by atoms with Gasteiger partial charge in [0.15, 0.2) is 5.81 Å². The number of hydrogen-bond acceptors (Lipinski definition) is 3. The molecule has 15 heavy (non-hydrogen) atoms. The molecule has 4 nitrogen and oxygen atoms in total. The molecule has 0 fully saturated rings. The van der Waals surface area contributed by atoms with Crippen LogP contribution >= 0.6 is 0 Å². The highest BCUT2D eigenvalue weighted by Crippen LogP contribution is 2.20. The van der Waals surface area contributed by atoms with Crippen LogP contribution < -0.4 is 5.32 Å². The van der Waals surface area contributed by atoms with Gasteiger partial charge in [0.2, 0.25) is 7.85 Å². The van der Waals surface area contributed by atoms with Crippen LogP contribution in [0.15, 0.2) is 30.5 Å². The van der Waals surface area contributed by atoms with Crippen molar-refractivity contribution in [3.05, 3.63) is 30.5 Å². The van der Waals surface area contributed by atoms with Crippen LogP contribution in [-0.2, 0) is 0 Å². The number of pyridine rings is 1. The molecule has 1 amide bonds. The number of hydrogen-bond donors (Lipinski definition) is 2. The summed E-state index contributed by atoms with van der Waals surface area (Å²) in [5.74, 6) is 0.0530. The zero-order chi connectivity index (χ0) is 10.8. The molecule has 2 aromatic rings. The lowest BCUT2D eigenvalue weighted by Gasteiger charge is -2.03. The largest absolute Gasteiger partial charge is 0.508 e. The number of aromatic hydroxyl groups is 1. The summed E-state index contributed by atoms with van der Waals surface area (Å²) in [6, 6.07) is 6.72. The number of aromatic nitrogens is 1. The van der Waals surface area contributed by atoms with Gasteiger partial charge < -0.3 is 10.4 Å². The van der Waals surface area contributed by atoms with Crippen LogP contribution in [0.5, 0.6) is 5.75 Å². The average molecular weight is 200 g/mol. The van der Waals surface area contributed by atoms with Crippen molar-refractivity contribution < 1.29 is 9.90 Å². The minimum absolute atomic E-state index is 0.130. The van der Waals surface area contributed by atoms with Crippen molar-refractivity contribution in [2.24, 2.45) is 0 Å². The maximum absolute atomic E-state index is 10.8. The molecule has 0 unspecified atom stereocenters. The third-order valence-corrected chi connectivity index (χ3v) is 1.99. The van der Waals surface area contributed by atoms with E-state index < -0.39 is 0 Å². The second-order valence-corrected chi connectivity index (χ2v) is 3.28. The molecule has 2 N–H and O–H groups in total. The molecule has 0 saturated carbocycles. The Hall–Kier alpha value is -2.04. The van der Waals surface area contributed by atoms with Crippen molar-refractivity contribution >= 4 is 30.2 Å². The second-order valence-electron chi connectivity index (χ2n) is 3.28. The molecule has 0 aliphatic carbocycles. The Balaban J connectivity index is 2.47. The maximum Gasteiger partial charge on any atom is 0.216 e. The molecule has 1 aromatic carbocycles. The highest BCUT2D eigenvalue weighted by molar-refractivity contribution is 6.60. The summed E-state index contributed by atoms with van der Waals surface area (Å²) in [6.45, 7) is 0. The molecule has 0 radical (unpaired) electrons. The third kappa shape index (κ3) is 2.07. The predicted octanol–water partition coefficient (Wildman–Crippen LogP) is 1.11. The first-order valence-electron chi connectivity index (χ1n) is 4.51. The molecule has 0 aliphatic rings. The van der Waals surface area contributed by atoms with Crippen LogP contribution in [0.25, 0.3) is 10.9 Å². The lowest BCUT2D eigenvalue weighted by molar-refractivity contribution is 0.269. The molecule has 1 aromatic heterocycles. The van der Waals surface area contributed by atoms with E-state index in [2.05, 4.69) is 10.3 Å². The Morgan fingerprint density at radius 2 is 2.20 bits per heavy atom. The zero-order valence-electron chi connectivity index (χ0n) is 8.19. The fourth-order valence-electron chi connectivity index (χ4n) is 1.38. The monoisotopic (exact) mass is 200 g/mol. The SMILES string of the molecule is BC(=O)Nc1cnc2cc(O)ccc2c1. The van der Waals surface area contributed by atoms with Crippen LogP contribution in [-0.4, -0.2) is 23.7 Å². The van der Waals surface area contributed by atoms with Gasteiger partial charge in [-0.05, 0) is 18.2 Å². The van der Waals surface area contributed by atoms with Crippen molar-refractivity contribution in [3.8, 4) is 5.75 Å². The number of carbonyl (C=O) groups is 1. The van der Waals surface area contributed by atoms with Crippen molar-refractivity contribution in [2.45, 2.75) is 0 Å². The molecular formula is C10H9BN2O2. The quantitative estimate of drug-likeness (QED) is 0.677. The number of fused-ring (bicyclic) bond motifs is 1. The summed E-state index contributed by atoms with van der Waals surface area (Å²) < 4.78 is 0. The average Bonchev–Trinajstić information content (AvgIpc) is 2.17. The minimum atomic E-state index is -0.130. The van der Waals surface area contributed by atoms with Crippen molar-refractivity contribution in [3.63, 3.8) is 0 Å². The predicted molar refractivity (Wildman–Crippen MR) is 61.0 cm³/mol. The topological polar surface area (TPSA) is 62.2 Å². The molecule has 1 heterocycles. The van der Waals surface area contributed by atoms with Crippen LogP contribution in [0.2, 0.25) is 0 Å². The zero-order valence-corrected chi connectivity index (χ0v) is 8.19. The summed E-state index contributed by atoms with van der Waals surface area (Å²) in [7, 11) is 1.45. The van der Waals surface area contributed by atoms with E-state index in [0.717, 1.165) is 5.39 Å². The summed E-state index contributed by atoms with van der Waals surface area (Å²) >= 11 is 0. The highest BCUT2D eigenvalue weighted by Gasteiger charge is 2.00. The van der Waals surface area contributed by atoms with E-state index >= 15 is 0 Å². The van der Waals surface area contributed by atoms with E-state index in [-0.39, 0.29) is 11.6 Å². The van der Waals surface area contributed by atoms with Crippen molar-refractivity contribution in [2.75, 3.05) is 5.32 Å². The Bertz CT molecular complexity index is 528. The summed E-state index contributed by atoms with van der Waals surface area (Å²) in [5.41, 5.74) is 1.35. The molecule has 74 valence electrons. The molecular weight excluding hydrogens is 191 g/mol. The Morgan fingerprint density at radius 3 is 2.93 bits per heavy atom. The van der Waals surface area contributed by atoms with E-state index in [1.165, 1.54) is 7.85 Å². The number of carbonyl (C=O) groups excluding carboxylic acids is 1. The minimum Gasteiger partial charge on any atom is -0.508 e. The number of nitrogens with zero attached hydrogens (tertiary/aromatic N) is 1. The number of phenols is 1. The van der Waals surface area contributed by atoms with E-state index in [4.69, 9.17) is 0 Å². The van der Waals surface area contributed by atoms with Gasteiger partial charge in [0.05, 0.1) is 17.4 Å². The molecule has 2 rings (SSSR count). The molecule has 5 heteroatoms. The second kappa shape index (κ2) is 3.61. The molecule has 0 saturated heterocycles. The highest BCUT2D eigenvalue weighted by atomic mass is 16.3. The summed E-state index contributed by atoms with van der Waals surface area (Å²) in [5, 5.41) is 12.8. The third-order valence-electron chi connectivity index (χ3n) is 1.99. The smallest absolute Gasteiger partial charge is 0.216 e. The molecule has 0 atom stereocenters. The lowest BCUT2D eigenvalue weighted by atomic mass is 10.1. The van der Waals surface area contributed by atoms with Gasteiger partial charge in [-0.2, -0.15) is 0 Å². The maximum atomic E-state index is 10.8. The van der Waals surface area contributed by atoms with Gasteiger partial charge in [0, 0.05) is 11.5 Å². The van der Waals surface area contributed by atoms with E-state index in [1.54, 1.807) is 24.4 Å². The van der Waals surface area contributed by atoms with Crippen LogP contribution in [0.4, 0.5) is 10.5 Å². The number of amides is 1. The Morgan fingerprint density at radius 1 is 1.40 bits per heavy atom. The van der Waals surface area contributed by atoms with Gasteiger partial charge in [-0.3, -0.25) is 9.78 Å². The fraction of sp³-hybridized carbons (Fsp3) is 0. The summed E-state index contributed by atoms with van der Waals surface area (Å²) in [6.07, 6.45) is 1.56. The Labute approximate surface area is 87.4 Å². The van der Waals surface area contributed by atoms with Gasteiger partial charge >= 0.3 is 0 Å². The van der Waals surface area contributed by atoms with Gasteiger partial charge in [0.1, 0.15) is 5.75 Å². The van der Waals surface area contributed by atoms with Crippen LogP contribution in [0.3, 0.4) is 0 Å².